The van der Waals surface area contributed by atoms with Crippen LogP contribution in [0.4, 0.5) is 0 Å². The summed E-state index contributed by atoms with van der Waals surface area (Å²) in [6.45, 7) is 5.04. The van der Waals surface area contributed by atoms with Crippen LogP contribution in [0.2, 0.25) is 0 Å². The molecule has 6 heteroatoms. The highest BCUT2D eigenvalue weighted by Crippen LogP contribution is 2.15. The van der Waals surface area contributed by atoms with E-state index in [4.69, 9.17) is 0 Å². The number of carbonyl (C=O) groups is 1. The number of aromatic nitrogens is 2. The molecule has 28 heavy (non-hydrogen) atoms. The molecule has 3 aromatic rings. The van der Waals surface area contributed by atoms with Crippen molar-refractivity contribution >= 4 is 16.7 Å². The van der Waals surface area contributed by atoms with Gasteiger partial charge in [0, 0.05) is 18.2 Å². The number of hydrogen-bond donors (Lipinski definition) is 2. The van der Waals surface area contributed by atoms with Gasteiger partial charge in [-0.3, -0.25) is 9.59 Å². The number of rotatable bonds is 5. The van der Waals surface area contributed by atoms with Crippen molar-refractivity contribution in [1.82, 2.24) is 15.1 Å². The van der Waals surface area contributed by atoms with Crippen molar-refractivity contribution in [3.63, 3.8) is 0 Å². The minimum absolute atomic E-state index is 0.226. The minimum Gasteiger partial charge on any atom is -0.345 e. The third-order valence-electron chi connectivity index (χ3n) is 5.61. The molecule has 1 unspecified atom stereocenters. The van der Waals surface area contributed by atoms with Crippen LogP contribution in [0.3, 0.4) is 0 Å². The number of likely N-dealkylation sites (tertiary alicyclic amines) is 1. The van der Waals surface area contributed by atoms with Gasteiger partial charge in [0.25, 0.3) is 11.5 Å². The van der Waals surface area contributed by atoms with Gasteiger partial charge in [0.15, 0.2) is 5.69 Å². The highest BCUT2D eigenvalue weighted by Gasteiger charge is 2.28. The molecule has 1 aliphatic rings. The van der Waals surface area contributed by atoms with Gasteiger partial charge in [-0.2, -0.15) is 9.78 Å². The van der Waals surface area contributed by atoms with Crippen molar-refractivity contribution in [3.8, 4) is 5.69 Å². The molecule has 2 aromatic carbocycles. The Balaban J connectivity index is 1.70. The fourth-order valence-corrected chi connectivity index (χ4v) is 4.10. The van der Waals surface area contributed by atoms with Crippen LogP contribution < -0.4 is 15.8 Å². The van der Waals surface area contributed by atoms with Gasteiger partial charge in [-0.15, -0.1) is 0 Å². The Hall–Kier alpha value is -2.99. The maximum absolute atomic E-state index is 13.0. The number of nitrogens with one attached hydrogen (secondary N) is 2. The Labute approximate surface area is 163 Å². The maximum Gasteiger partial charge on any atom is 0.279 e. The fraction of sp³-hybridized carbons (Fsp3) is 0.318. The number of nitrogens with zero attached hydrogens (tertiary/aromatic N) is 2. The molecule has 0 bridgehead atoms. The largest absolute Gasteiger partial charge is 0.345 e. The molecular formula is C22H25N4O2+. The molecule has 6 nitrogen and oxygen atoms in total. The summed E-state index contributed by atoms with van der Waals surface area (Å²) >= 11 is 0. The first-order valence-electron chi connectivity index (χ1n) is 9.89. The molecule has 1 amide bonds. The second kappa shape index (κ2) is 7.94. The first-order chi connectivity index (χ1) is 13.7. The normalized spacial score (nSPS) is 19.0. The number of amides is 1. The molecule has 144 valence electrons. The zero-order chi connectivity index (χ0) is 19.5. The van der Waals surface area contributed by atoms with Crippen molar-refractivity contribution in [2.24, 2.45) is 0 Å². The zero-order valence-electron chi connectivity index (χ0n) is 16.0. The summed E-state index contributed by atoms with van der Waals surface area (Å²) in [6.07, 6.45) is 2.32. The van der Waals surface area contributed by atoms with E-state index in [0.717, 1.165) is 19.5 Å². The summed E-state index contributed by atoms with van der Waals surface area (Å²) in [7, 11) is 0. The van der Waals surface area contributed by atoms with Crippen LogP contribution in [0, 0.1) is 0 Å². The zero-order valence-corrected chi connectivity index (χ0v) is 16.0. The number of benzene rings is 2. The molecule has 2 atom stereocenters. The lowest BCUT2D eigenvalue weighted by Gasteiger charge is -2.20. The second-order valence-electron chi connectivity index (χ2n) is 7.26. The number of quaternary nitrogens is 1. The lowest BCUT2D eigenvalue weighted by Crippen LogP contribution is -3.14. The van der Waals surface area contributed by atoms with Crippen LogP contribution in [0.1, 0.15) is 30.3 Å². The van der Waals surface area contributed by atoms with Gasteiger partial charge in [-0.25, -0.2) is 0 Å². The first-order valence-corrected chi connectivity index (χ1v) is 9.89. The van der Waals surface area contributed by atoms with Crippen molar-refractivity contribution in [2.45, 2.75) is 25.8 Å². The van der Waals surface area contributed by atoms with Gasteiger partial charge in [0.2, 0.25) is 0 Å². The average Bonchev–Trinajstić information content (AvgIpc) is 3.21. The molecule has 2 N–H and O–H groups in total. The maximum atomic E-state index is 13.0. The van der Waals surface area contributed by atoms with E-state index in [1.165, 1.54) is 16.0 Å². The van der Waals surface area contributed by atoms with Gasteiger partial charge < -0.3 is 10.2 Å². The minimum atomic E-state index is -0.233. The molecule has 2 heterocycles. The van der Waals surface area contributed by atoms with Crippen LogP contribution in [-0.4, -0.2) is 41.4 Å². The van der Waals surface area contributed by atoms with E-state index in [-0.39, 0.29) is 17.2 Å². The molecule has 1 fully saturated rings. The van der Waals surface area contributed by atoms with E-state index >= 15 is 0 Å². The number of hydrogen-bond acceptors (Lipinski definition) is 3. The topological polar surface area (TPSA) is 68.4 Å². The van der Waals surface area contributed by atoms with Crippen LogP contribution >= 0.6 is 0 Å². The van der Waals surface area contributed by atoms with Crippen molar-refractivity contribution in [1.29, 1.82) is 0 Å². The summed E-state index contributed by atoms with van der Waals surface area (Å²) in [6, 6.07) is 16.8. The third kappa shape index (κ3) is 3.43. The number of fused-ring (bicyclic) bond motifs is 1. The Kier molecular flexibility index (Phi) is 5.21. The van der Waals surface area contributed by atoms with E-state index in [9.17, 15) is 9.59 Å². The van der Waals surface area contributed by atoms with E-state index in [2.05, 4.69) is 17.3 Å². The average molecular weight is 377 g/mol. The Bertz CT molecular complexity index is 1050. The standard InChI is InChI=1S/C22H24N4O2/c1-2-25-14-8-11-17(25)15-23-21(27)20-18-12-6-7-13-19(18)22(28)26(24-20)16-9-4-3-5-10-16/h3-7,9-10,12-13,17H,2,8,11,14-15H2,1H3,(H,23,27)/p+1/t17-/m0/s1. The first kappa shape index (κ1) is 18.4. The lowest BCUT2D eigenvalue weighted by molar-refractivity contribution is -0.909. The van der Waals surface area contributed by atoms with Gasteiger partial charge in [0.1, 0.15) is 6.04 Å². The quantitative estimate of drug-likeness (QED) is 0.702. The van der Waals surface area contributed by atoms with E-state index in [0.29, 0.717) is 29.0 Å². The van der Waals surface area contributed by atoms with Gasteiger partial charge in [0.05, 0.1) is 30.7 Å². The van der Waals surface area contributed by atoms with Crippen LogP contribution in [-0.2, 0) is 0 Å². The predicted octanol–water partition coefficient (Wildman–Crippen LogP) is 1.18. The number of likely N-dealkylation sites (N-methyl/N-ethyl adjacent to an activating group) is 1. The summed E-state index contributed by atoms with van der Waals surface area (Å²) in [4.78, 5) is 27.5. The van der Waals surface area contributed by atoms with Crippen LogP contribution in [0.25, 0.3) is 16.5 Å². The Morgan fingerprint density at radius 2 is 1.86 bits per heavy atom. The van der Waals surface area contributed by atoms with Crippen molar-refractivity contribution in [3.05, 3.63) is 70.6 Å². The number of carbonyl (C=O) groups excluding carboxylic acids is 1. The summed E-state index contributed by atoms with van der Waals surface area (Å²) in [5.41, 5.74) is 0.704. The number of para-hydroxylation sites is 1. The van der Waals surface area contributed by atoms with E-state index in [1.807, 2.05) is 42.5 Å². The van der Waals surface area contributed by atoms with Crippen LogP contribution in [0.5, 0.6) is 0 Å². The molecule has 0 saturated carbocycles. The predicted molar refractivity (Wildman–Crippen MR) is 109 cm³/mol. The lowest BCUT2D eigenvalue weighted by atomic mass is 10.1. The smallest absolute Gasteiger partial charge is 0.279 e. The second-order valence-corrected chi connectivity index (χ2v) is 7.26. The summed E-state index contributed by atoms with van der Waals surface area (Å²) < 4.78 is 1.32. The molecule has 1 aliphatic heterocycles. The summed E-state index contributed by atoms with van der Waals surface area (Å²) in [5, 5.41) is 8.58. The highest BCUT2D eigenvalue weighted by molar-refractivity contribution is 6.04. The molecule has 1 saturated heterocycles. The van der Waals surface area contributed by atoms with E-state index in [1.54, 1.807) is 12.1 Å². The molecule has 0 spiro atoms. The monoisotopic (exact) mass is 377 g/mol. The van der Waals surface area contributed by atoms with E-state index < -0.39 is 0 Å². The molecule has 0 aliphatic carbocycles. The van der Waals surface area contributed by atoms with Crippen molar-refractivity contribution in [2.75, 3.05) is 19.6 Å². The van der Waals surface area contributed by atoms with Crippen LogP contribution in [0.15, 0.2) is 59.4 Å². The SMILES string of the molecule is CC[NH+]1CCC[C@H]1CNC(=O)c1nn(-c2ccccc2)c(=O)c2ccccc12. The van der Waals surface area contributed by atoms with Gasteiger partial charge in [-0.05, 0) is 25.1 Å². The molecular weight excluding hydrogens is 352 g/mol. The highest BCUT2D eigenvalue weighted by atomic mass is 16.2. The molecule has 1 aromatic heterocycles. The fourth-order valence-electron chi connectivity index (χ4n) is 4.10. The van der Waals surface area contributed by atoms with Gasteiger partial charge in [-0.1, -0.05) is 36.4 Å². The van der Waals surface area contributed by atoms with Crippen molar-refractivity contribution < 1.29 is 9.69 Å². The Morgan fingerprint density at radius 1 is 1.14 bits per heavy atom. The van der Waals surface area contributed by atoms with Gasteiger partial charge >= 0.3 is 0 Å². The summed E-state index contributed by atoms with van der Waals surface area (Å²) in [5.74, 6) is -0.233. The molecule has 4 rings (SSSR count). The Morgan fingerprint density at radius 3 is 2.61 bits per heavy atom. The molecule has 0 radical (unpaired) electrons. The third-order valence-corrected chi connectivity index (χ3v) is 5.61.